The highest BCUT2D eigenvalue weighted by molar-refractivity contribution is 5.75. The summed E-state index contributed by atoms with van der Waals surface area (Å²) in [6.45, 7) is 0.376. The van der Waals surface area contributed by atoms with Gasteiger partial charge in [0.2, 0.25) is 5.91 Å². The largest absolute Gasteiger partial charge is 0.395 e. The smallest absolute Gasteiger partial charge is 0.241 e. The van der Waals surface area contributed by atoms with E-state index in [1.54, 1.807) is 10.9 Å². The van der Waals surface area contributed by atoms with Crippen LogP contribution in [0.4, 0.5) is 5.69 Å². The number of aliphatic hydroxyl groups is 1. The van der Waals surface area contributed by atoms with Gasteiger partial charge >= 0.3 is 0 Å². The molecule has 1 fully saturated rings. The lowest BCUT2D eigenvalue weighted by atomic mass is 10.0. The first-order chi connectivity index (χ1) is 11.7. The summed E-state index contributed by atoms with van der Waals surface area (Å²) in [6.07, 6.45) is 7.15. The van der Waals surface area contributed by atoms with Crippen molar-refractivity contribution in [1.82, 2.24) is 15.1 Å². The average molecular weight is 328 g/mol. The van der Waals surface area contributed by atoms with Crippen LogP contribution in [0, 0.1) is 5.92 Å². The summed E-state index contributed by atoms with van der Waals surface area (Å²) in [5.74, 6) is 0.558. The van der Waals surface area contributed by atoms with Crippen molar-refractivity contribution in [2.45, 2.75) is 31.8 Å². The van der Waals surface area contributed by atoms with E-state index in [0.717, 1.165) is 12.1 Å². The molecule has 0 saturated heterocycles. The number of rotatable bonds is 9. The fraction of sp³-hybridized carbons (Fsp3) is 0.444. The number of aromatic nitrogens is 2. The molecule has 128 valence electrons. The lowest BCUT2D eigenvalue weighted by Crippen LogP contribution is -2.30. The van der Waals surface area contributed by atoms with Gasteiger partial charge in [0.25, 0.3) is 0 Å². The zero-order chi connectivity index (χ0) is 16.8. The van der Waals surface area contributed by atoms with Crippen LogP contribution >= 0.6 is 0 Å². The molecule has 6 heteroatoms. The summed E-state index contributed by atoms with van der Waals surface area (Å²) in [6, 6.07) is 10.9. The predicted molar refractivity (Wildman–Crippen MR) is 92.6 cm³/mol. The zero-order valence-electron chi connectivity index (χ0n) is 13.7. The first-order valence-corrected chi connectivity index (χ1v) is 8.45. The Morgan fingerprint density at radius 2 is 2.12 bits per heavy atom. The number of carbonyl (C=O) groups is 1. The minimum atomic E-state index is -0.151. The highest BCUT2D eigenvalue weighted by Gasteiger charge is 2.31. The quantitative estimate of drug-likeness (QED) is 0.650. The molecule has 0 radical (unpaired) electrons. The van der Waals surface area contributed by atoms with Gasteiger partial charge in [0, 0.05) is 18.8 Å². The van der Waals surface area contributed by atoms with Crippen LogP contribution in [0.15, 0.2) is 42.7 Å². The van der Waals surface area contributed by atoms with Crippen molar-refractivity contribution >= 4 is 11.6 Å². The van der Waals surface area contributed by atoms with Crippen LogP contribution in [0.3, 0.4) is 0 Å². The minimum Gasteiger partial charge on any atom is -0.395 e. The Bertz CT molecular complexity index is 652. The first-order valence-electron chi connectivity index (χ1n) is 8.45. The van der Waals surface area contributed by atoms with Crippen molar-refractivity contribution in [2.24, 2.45) is 5.92 Å². The summed E-state index contributed by atoms with van der Waals surface area (Å²) < 4.78 is 1.61. The monoisotopic (exact) mass is 328 g/mol. The number of nitrogens with zero attached hydrogens (tertiary/aromatic N) is 2. The van der Waals surface area contributed by atoms with Crippen molar-refractivity contribution in [2.75, 3.05) is 18.5 Å². The fourth-order valence-electron chi connectivity index (χ4n) is 2.84. The molecule has 0 spiro atoms. The number of amides is 1. The number of benzene rings is 1. The van der Waals surface area contributed by atoms with Crippen LogP contribution < -0.4 is 10.6 Å². The second-order valence-corrected chi connectivity index (χ2v) is 6.28. The van der Waals surface area contributed by atoms with Gasteiger partial charge in [0.05, 0.1) is 18.5 Å². The van der Waals surface area contributed by atoms with E-state index >= 15 is 0 Å². The predicted octanol–water partition coefficient (Wildman–Crippen LogP) is 1.42. The van der Waals surface area contributed by atoms with Crippen LogP contribution in [0.5, 0.6) is 0 Å². The number of anilines is 1. The Kier molecular flexibility index (Phi) is 5.48. The van der Waals surface area contributed by atoms with Gasteiger partial charge < -0.3 is 15.7 Å². The van der Waals surface area contributed by atoms with Gasteiger partial charge in [-0.25, -0.2) is 0 Å². The molecule has 1 aliphatic carbocycles. The SMILES string of the molecule is O=C(Cn1cc(NC(Cc2ccccc2)C2CC2)cn1)NCCO. The normalized spacial score (nSPS) is 15.0. The average Bonchev–Trinajstić information content (AvgIpc) is 3.35. The molecule has 1 aliphatic rings. The van der Waals surface area contributed by atoms with Crippen LogP contribution in [0.25, 0.3) is 0 Å². The molecule has 2 aromatic rings. The molecule has 1 aromatic carbocycles. The van der Waals surface area contributed by atoms with Gasteiger partial charge in [-0.15, -0.1) is 0 Å². The number of hydrogen-bond donors (Lipinski definition) is 3. The van der Waals surface area contributed by atoms with Crippen LogP contribution in [-0.2, 0) is 17.8 Å². The third-order valence-corrected chi connectivity index (χ3v) is 4.21. The minimum absolute atomic E-state index is 0.0554. The molecule has 3 N–H and O–H groups in total. The van der Waals surface area contributed by atoms with E-state index in [1.165, 1.54) is 18.4 Å². The first kappa shape index (κ1) is 16.5. The van der Waals surface area contributed by atoms with Crippen molar-refractivity contribution in [3.63, 3.8) is 0 Å². The van der Waals surface area contributed by atoms with Crippen LogP contribution in [0.1, 0.15) is 18.4 Å². The molecule has 1 heterocycles. The van der Waals surface area contributed by atoms with E-state index in [2.05, 4.69) is 40.0 Å². The molecule has 1 saturated carbocycles. The van der Waals surface area contributed by atoms with Gasteiger partial charge in [0.1, 0.15) is 6.54 Å². The van der Waals surface area contributed by atoms with Crippen molar-refractivity contribution in [1.29, 1.82) is 0 Å². The van der Waals surface area contributed by atoms with Crippen molar-refractivity contribution in [3.8, 4) is 0 Å². The highest BCUT2D eigenvalue weighted by Crippen LogP contribution is 2.35. The summed E-state index contributed by atoms with van der Waals surface area (Å²) in [4.78, 5) is 11.7. The lowest BCUT2D eigenvalue weighted by molar-refractivity contribution is -0.122. The number of nitrogens with one attached hydrogen (secondary N) is 2. The maximum atomic E-state index is 11.7. The zero-order valence-corrected chi connectivity index (χ0v) is 13.7. The Hall–Kier alpha value is -2.34. The fourth-order valence-corrected chi connectivity index (χ4v) is 2.84. The molecule has 0 aliphatic heterocycles. The second kappa shape index (κ2) is 7.97. The van der Waals surface area contributed by atoms with Crippen molar-refractivity contribution < 1.29 is 9.90 Å². The lowest BCUT2D eigenvalue weighted by Gasteiger charge is -2.18. The summed E-state index contributed by atoms with van der Waals surface area (Å²) in [5.41, 5.74) is 2.27. The Labute approximate surface area is 141 Å². The maximum absolute atomic E-state index is 11.7. The van der Waals surface area contributed by atoms with Gasteiger partial charge in [-0.1, -0.05) is 30.3 Å². The molecule has 1 amide bonds. The molecule has 24 heavy (non-hydrogen) atoms. The molecule has 1 aromatic heterocycles. The topological polar surface area (TPSA) is 79.2 Å². The molecule has 1 unspecified atom stereocenters. The maximum Gasteiger partial charge on any atom is 0.241 e. The Balaban J connectivity index is 1.56. The van der Waals surface area contributed by atoms with E-state index in [4.69, 9.17) is 5.11 Å². The van der Waals surface area contributed by atoms with E-state index < -0.39 is 0 Å². The number of aliphatic hydroxyl groups excluding tert-OH is 1. The molecule has 3 rings (SSSR count). The Morgan fingerprint density at radius 3 is 2.83 bits per heavy atom. The Morgan fingerprint density at radius 1 is 1.33 bits per heavy atom. The third kappa shape index (κ3) is 4.83. The third-order valence-electron chi connectivity index (χ3n) is 4.21. The van der Waals surface area contributed by atoms with E-state index in [0.29, 0.717) is 12.0 Å². The van der Waals surface area contributed by atoms with Gasteiger partial charge in [0.15, 0.2) is 0 Å². The van der Waals surface area contributed by atoms with Gasteiger partial charge in [-0.3, -0.25) is 9.48 Å². The summed E-state index contributed by atoms with van der Waals surface area (Å²) >= 11 is 0. The highest BCUT2D eigenvalue weighted by atomic mass is 16.3. The van der Waals surface area contributed by atoms with E-state index in [1.807, 2.05) is 12.3 Å². The molecule has 1 atom stereocenters. The summed E-state index contributed by atoms with van der Waals surface area (Å²) in [5, 5.41) is 19.1. The van der Waals surface area contributed by atoms with Crippen LogP contribution in [-0.4, -0.2) is 40.0 Å². The molecule has 0 bridgehead atoms. The molecular formula is C18H24N4O2. The molecular weight excluding hydrogens is 304 g/mol. The number of hydrogen-bond acceptors (Lipinski definition) is 4. The van der Waals surface area contributed by atoms with Crippen LogP contribution in [0.2, 0.25) is 0 Å². The van der Waals surface area contributed by atoms with E-state index in [9.17, 15) is 4.79 Å². The molecule has 6 nitrogen and oxygen atoms in total. The summed E-state index contributed by atoms with van der Waals surface area (Å²) in [7, 11) is 0. The van der Waals surface area contributed by atoms with E-state index in [-0.39, 0.29) is 25.6 Å². The van der Waals surface area contributed by atoms with Crippen molar-refractivity contribution in [3.05, 3.63) is 48.3 Å². The number of carbonyl (C=O) groups excluding carboxylic acids is 1. The van der Waals surface area contributed by atoms with Gasteiger partial charge in [-0.2, -0.15) is 5.10 Å². The van der Waals surface area contributed by atoms with Gasteiger partial charge in [-0.05, 0) is 30.7 Å². The standard InChI is InChI=1S/C18H24N4O2/c23-9-8-19-18(24)13-22-12-16(11-20-22)21-17(15-6-7-15)10-14-4-2-1-3-5-14/h1-5,11-12,15,17,21,23H,6-10,13H2,(H,19,24). The second-order valence-electron chi connectivity index (χ2n) is 6.28.